The summed E-state index contributed by atoms with van der Waals surface area (Å²) < 4.78 is 9.60. The van der Waals surface area contributed by atoms with Crippen LogP contribution in [0.25, 0.3) is 0 Å². The highest BCUT2D eigenvalue weighted by atomic mass is 16.5. The minimum Gasteiger partial charge on any atom is -0.469 e. The van der Waals surface area contributed by atoms with Gasteiger partial charge in [0.15, 0.2) is 0 Å². The highest BCUT2D eigenvalue weighted by Gasteiger charge is 2.23. The van der Waals surface area contributed by atoms with Crippen molar-refractivity contribution in [3.63, 3.8) is 0 Å². The van der Waals surface area contributed by atoms with Gasteiger partial charge in [0, 0.05) is 12.8 Å². The van der Waals surface area contributed by atoms with E-state index in [1.807, 2.05) is 32.9 Å². The number of methoxy groups -OCH3 is 2. The summed E-state index contributed by atoms with van der Waals surface area (Å²) in [4.78, 5) is 23.4. The first-order valence-corrected chi connectivity index (χ1v) is 6.38. The molecule has 1 aromatic carbocycles. The molecule has 1 atom stereocenters. The Bertz CT molecular complexity index is 511. The van der Waals surface area contributed by atoms with E-state index in [9.17, 15) is 9.59 Å². The lowest BCUT2D eigenvalue weighted by molar-refractivity contribution is -0.146. The second kappa shape index (κ2) is 7.05. The van der Waals surface area contributed by atoms with Crippen LogP contribution in [0.1, 0.15) is 23.1 Å². The van der Waals surface area contributed by atoms with Crippen LogP contribution in [-0.4, -0.2) is 32.2 Å². The monoisotopic (exact) mass is 279 g/mol. The zero-order valence-electron chi connectivity index (χ0n) is 12.6. The highest BCUT2D eigenvalue weighted by Crippen LogP contribution is 2.23. The number of carbonyl (C=O) groups is 2. The van der Waals surface area contributed by atoms with Crippen LogP contribution in [0, 0.1) is 20.8 Å². The molecule has 5 heteroatoms. The quantitative estimate of drug-likeness (QED) is 0.839. The molecule has 0 aliphatic rings. The smallest absolute Gasteiger partial charge is 0.308 e. The Hall–Kier alpha value is -1.88. The van der Waals surface area contributed by atoms with Gasteiger partial charge in [0.05, 0.1) is 13.5 Å². The van der Waals surface area contributed by atoms with Crippen molar-refractivity contribution in [2.24, 2.45) is 0 Å². The first kappa shape index (κ1) is 16.2. The van der Waals surface area contributed by atoms with Crippen molar-refractivity contribution in [3.05, 3.63) is 28.8 Å². The van der Waals surface area contributed by atoms with Gasteiger partial charge in [-0.15, -0.1) is 0 Å². The molecule has 1 N–H and O–H groups in total. The summed E-state index contributed by atoms with van der Waals surface area (Å²) in [5.74, 6) is -0.834. The summed E-state index contributed by atoms with van der Waals surface area (Å²) >= 11 is 0. The van der Waals surface area contributed by atoms with Crippen LogP contribution in [0.5, 0.6) is 0 Å². The van der Waals surface area contributed by atoms with Gasteiger partial charge in [-0.25, -0.2) is 0 Å². The fraction of sp³-hybridized carbons (Fsp3) is 0.467. The minimum absolute atomic E-state index is 0.108. The van der Waals surface area contributed by atoms with Crippen LogP contribution in [0.4, 0.5) is 5.69 Å². The molecule has 0 aliphatic heterocycles. The fourth-order valence-electron chi connectivity index (χ4n) is 1.87. The average Bonchev–Trinajstić information content (AvgIpc) is 2.44. The van der Waals surface area contributed by atoms with Gasteiger partial charge in [-0.2, -0.15) is 0 Å². The van der Waals surface area contributed by atoms with E-state index in [1.54, 1.807) is 0 Å². The number of aryl methyl sites for hydroxylation is 2. The van der Waals surface area contributed by atoms with Crippen LogP contribution in [0.3, 0.4) is 0 Å². The number of rotatable bonds is 5. The van der Waals surface area contributed by atoms with Gasteiger partial charge >= 0.3 is 5.97 Å². The Morgan fingerprint density at radius 3 is 2.30 bits per heavy atom. The Balaban J connectivity index is 2.89. The molecule has 0 bridgehead atoms. The number of anilines is 1. The summed E-state index contributed by atoms with van der Waals surface area (Å²) in [7, 11) is 2.67. The Morgan fingerprint density at radius 1 is 1.15 bits per heavy atom. The van der Waals surface area contributed by atoms with Crippen molar-refractivity contribution < 1.29 is 19.1 Å². The van der Waals surface area contributed by atoms with E-state index in [-0.39, 0.29) is 12.3 Å². The van der Waals surface area contributed by atoms with E-state index >= 15 is 0 Å². The van der Waals surface area contributed by atoms with Crippen molar-refractivity contribution in [3.8, 4) is 0 Å². The number of hydrogen-bond donors (Lipinski definition) is 1. The van der Waals surface area contributed by atoms with Crippen molar-refractivity contribution in [1.82, 2.24) is 0 Å². The first-order valence-electron chi connectivity index (χ1n) is 6.38. The van der Waals surface area contributed by atoms with Crippen molar-refractivity contribution in [2.45, 2.75) is 33.3 Å². The molecule has 1 unspecified atom stereocenters. The SMILES string of the molecule is COC(=O)CC(OC)C(=O)Nc1c(C)ccc(C)c1C. The van der Waals surface area contributed by atoms with Crippen molar-refractivity contribution in [1.29, 1.82) is 0 Å². The normalized spacial score (nSPS) is 11.8. The lowest BCUT2D eigenvalue weighted by Crippen LogP contribution is -2.32. The molecule has 1 amide bonds. The molecule has 0 aliphatic carbocycles. The van der Waals surface area contributed by atoms with E-state index in [1.165, 1.54) is 14.2 Å². The Labute approximate surface area is 119 Å². The maximum Gasteiger partial charge on any atom is 0.308 e. The Morgan fingerprint density at radius 2 is 1.75 bits per heavy atom. The van der Waals surface area contributed by atoms with Crippen LogP contribution in [0.2, 0.25) is 0 Å². The van der Waals surface area contributed by atoms with E-state index < -0.39 is 12.1 Å². The van der Waals surface area contributed by atoms with Gasteiger partial charge in [0.2, 0.25) is 0 Å². The second-order valence-corrected chi connectivity index (χ2v) is 4.69. The maximum atomic E-state index is 12.2. The lowest BCUT2D eigenvalue weighted by Gasteiger charge is -2.18. The van der Waals surface area contributed by atoms with Gasteiger partial charge in [-0.3, -0.25) is 9.59 Å². The molecule has 0 aromatic heterocycles. The highest BCUT2D eigenvalue weighted by molar-refractivity contribution is 5.97. The van der Waals surface area contributed by atoms with Crippen LogP contribution in [-0.2, 0) is 19.1 Å². The number of carbonyl (C=O) groups excluding carboxylic acids is 2. The Kier molecular flexibility index (Phi) is 5.70. The number of ether oxygens (including phenoxy) is 2. The summed E-state index contributed by atoms with van der Waals surface area (Å²) in [6.45, 7) is 5.84. The number of amides is 1. The summed E-state index contributed by atoms with van der Waals surface area (Å²) in [5.41, 5.74) is 3.83. The molecule has 1 rings (SSSR count). The number of hydrogen-bond acceptors (Lipinski definition) is 4. The number of nitrogens with one attached hydrogen (secondary N) is 1. The summed E-state index contributed by atoms with van der Waals surface area (Å²) in [6, 6.07) is 3.95. The average molecular weight is 279 g/mol. The lowest BCUT2D eigenvalue weighted by atomic mass is 10.0. The molecular weight excluding hydrogens is 258 g/mol. The second-order valence-electron chi connectivity index (χ2n) is 4.69. The fourth-order valence-corrected chi connectivity index (χ4v) is 1.87. The van der Waals surface area contributed by atoms with Crippen LogP contribution < -0.4 is 5.32 Å². The zero-order valence-corrected chi connectivity index (χ0v) is 12.6. The predicted molar refractivity (Wildman–Crippen MR) is 76.7 cm³/mol. The molecule has 20 heavy (non-hydrogen) atoms. The van der Waals surface area contributed by atoms with Gasteiger partial charge < -0.3 is 14.8 Å². The standard InChI is InChI=1S/C15H21NO4/c1-9-6-7-10(2)14(11(9)3)16-15(18)12(19-4)8-13(17)20-5/h6-7,12H,8H2,1-5H3,(H,16,18). The van der Waals surface area contributed by atoms with E-state index in [4.69, 9.17) is 4.74 Å². The molecule has 0 heterocycles. The zero-order chi connectivity index (χ0) is 15.3. The summed E-state index contributed by atoms with van der Waals surface area (Å²) in [6.07, 6.45) is -0.968. The maximum absolute atomic E-state index is 12.2. The molecule has 0 spiro atoms. The third-order valence-electron chi connectivity index (χ3n) is 3.35. The topological polar surface area (TPSA) is 64.6 Å². The van der Waals surface area contributed by atoms with E-state index in [0.29, 0.717) is 0 Å². The van der Waals surface area contributed by atoms with Crippen molar-refractivity contribution in [2.75, 3.05) is 19.5 Å². The number of benzene rings is 1. The van der Waals surface area contributed by atoms with Gasteiger partial charge in [-0.05, 0) is 37.5 Å². The predicted octanol–water partition coefficient (Wildman–Crippen LogP) is 2.13. The molecule has 5 nitrogen and oxygen atoms in total. The van der Waals surface area contributed by atoms with Crippen molar-refractivity contribution >= 4 is 17.6 Å². The molecule has 0 radical (unpaired) electrons. The molecular formula is C15H21NO4. The first-order chi connectivity index (χ1) is 9.40. The van der Waals surface area contributed by atoms with Gasteiger partial charge in [-0.1, -0.05) is 12.1 Å². The van der Waals surface area contributed by atoms with Crippen LogP contribution in [0.15, 0.2) is 12.1 Å². The summed E-state index contributed by atoms with van der Waals surface area (Å²) in [5, 5.41) is 2.83. The van der Waals surface area contributed by atoms with Gasteiger partial charge in [0.1, 0.15) is 6.10 Å². The molecule has 110 valence electrons. The number of esters is 1. The molecule has 0 fully saturated rings. The van der Waals surface area contributed by atoms with E-state index in [0.717, 1.165) is 22.4 Å². The third kappa shape index (κ3) is 3.81. The minimum atomic E-state index is -0.859. The molecule has 0 saturated carbocycles. The van der Waals surface area contributed by atoms with E-state index in [2.05, 4.69) is 10.1 Å². The third-order valence-corrected chi connectivity index (χ3v) is 3.35. The van der Waals surface area contributed by atoms with Crippen LogP contribution >= 0.6 is 0 Å². The largest absolute Gasteiger partial charge is 0.469 e. The molecule has 0 saturated heterocycles. The van der Waals surface area contributed by atoms with Gasteiger partial charge in [0.25, 0.3) is 5.91 Å². The molecule has 1 aromatic rings.